The summed E-state index contributed by atoms with van der Waals surface area (Å²) in [5.41, 5.74) is 0.970. The minimum Gasteiger partial charge on any atom is -0.354 e. The summed E-state index contributed by atoms with van der Waals surface area (Å²) in [5.74, 6) is 0.998. The summed E-state index contributed by atoms with van der Waals surface area (Å²) in [6.45, 7) is 5.03. The van der Waals surface area contributed by atoms with Crippen LogP contribution < -0.4 is 10.2 Å². The van der Waals surface area contributed by atoms with Gasteiger partial charge in [-0.05, 0) is 43.3 Å². The van der Waals surface area contributed by atoms with Gasteiger partial charge in [0.2, 0.25) is 0 Å². The quantitative estimate of drug-likeness (QED) is 0.939. The number of piperidine rings is 1. The van der Waals surface area contributed by atoms with Crippen molar-refractivity contribution >= 4 is 17.2 Å². The molecule has 0 unspecified atom stereocenters. The third-order valence-corrected chi connectivity index (χ3v) is 4.55. The number of aryl methyl sites for hydroxylation is 1. The summed E-state index contributed by atoms with van der Waals surface area (Å²) in [5, 5.41) is 14.2. The van der Waals surface area contributed by atoms with Crippen molar-refractivity contribution in [2.24, 2.45) is 0 Å². The summed E-state index contributed by atoms with van der Waals surface area (Å²) < 4.78 is 0. The van der Waals surface area contributed by atoms with E-state index in [0.29, 0.717) is 6.04 Å². The highest BCUT2D eigenvalue weighted by molar-refractivity contribution is 7.09. The molecule has 106 valence electrons. The number of aromatic nitrogens is 2. The molecule has 1 N–H and O–H groups in total. The van der Waals surface area contributed by atoms with Crippen molar-refractivity contribution < 1.29 is 0 Å². The van der Waals surface area contributed by atoms with Gasteiger partial charge in [0.25, 0.3) is 0 Å². The monoisotopic (exact) mass is 288 g/mol. The van der Waals surface area contributed by atoms with Gasteiger partial charge in [-0.15, -0.1) is 16.4 Å². The standard InChI is InChI=1S/C15H20N4S/c1-12-6-7-15(18-17-12)19-8-2-4-13(11-19)16-10-14-5-3-9-20-14/h3,5-7,9,13,16H,2,4,8,10-11H2,1H3/t13-/m0/s1. The Morgan fingerprint density at radius 2 is 2.30 bits per heavy atom. The molecule has 0 aliphatic carbocycles. The van der Waals surface area contributed by atoms with Gasteiger partial charge in [-0.1, -0.05) is 6.07 Å². The first-order valence-electron chi connectivity index (χ1n) is 7.12. The molecule has 0 amide bonds. The molecule has 1 fully saturated rings. The van der Waals surface area contributed by atoms with Crippen molar-refractivity contribution in [3.05, 3.63) is 40.2 Å². The molecule has 3 heterocycles. The number of hydrogen-bond acceptors (Lipinski definition) is 5. The van der Waals surface area contributed by atoms with E-state index < -0.39 is 0 Å². The Kier molecular flexibility index (Phi) is 4.28. The molecule has 1 aliphatic rings. The predicted molar refractivity (Wildman–Crippen MR) is 83.2 cm³/mol. The van der Waals surface area contributed by atoms with Crippen LogP contribution in [-0.4, -0.2) is 29.3 Å². The number of rotatable bonds is 4. The fourth-order valence-corrected chi connectivity index (χ4v) is 3.23. The molecule has 1 saturated heterocycles. The summed E-state index contributed by atoms with van der Waals surface area (Å²) in [6.07, 6.45) is 2.44. The van der Waals surface area contributed by atoms with E-state index in [0.717, 1.165) is 31.1 Å². The van der Waals surface area contributed by atoms with Crippen LogP contribution in [-0.2, 0) is 6.54 Å². The van der Waals surface area contributed by atoms with Gasteiger partial charge in [0.15, 0.2) is 5.82 Å². The molecule has 0 aromatic carbocycles. The number of thiophene rings is 1. The van der Waals surface area contributed by atoms with Gasteiger partial charge in [-0.25, -0.2) is 0 Å². The van der Waals surface area contributed by atoms with E-state index >= 15 is 0 Å². The van der Waals surface area contributed by atoms with Crippen LogP contribution in [0.25, 0.3) is 0 Å². The second kappa shape index (κ2) is 6.33. The number of hydrogen-bond donors (Lipinski definition) is 1. The first kappa shape index (κ1) is 13.5. The molecule has 1 aliphatic heterocycles. The zero-order chi connectivity index (χ0) is 13.8. The van der Waals surface area contributed by atoms with Gasteiger partial charge in [0.1, 0.15) is 0 Å². The Balaban J connectivity index is 1.57. The van der Waals surface area contributed by atoms with Gasteiger partial charge >= 0.3 is 0 Å². The van der Waals surface area contributed by atoms with Gasteiger partial charge in [-0.3, -0.25) is 0 Å². The van der Waals surface area contributed by atoms with E-state index in [-0.39, 0.29) is 0 Å². The molecule has 0 saturated carbocycles. The maximum absolute atomic E-state index is 4.30. The lowest BCUT2D eigenvalue weighted by atomic mass is 10.1. The first-order chi connectivity index (χ1) is 9.81. The maximum atomic E-state index is 4.30. The molecule has 3 rings (SSSR count). The van der Waals surface area contributed by atoms with E-state index in [1.807, 2.05) is 24.3 Å². The van der Waals surface area contributed by atoms with Crippen LogP contribution in [0.4, 0.5) is 5.82 Å². The average molecular weight is 288 g/mol. The van der Waals surface area contributed by atoms with Crippen LogP contribution in [0.2, 0.25) is 0 Å². The van der Waals surface area contributed by atoms with Crippen molar-refractivity contribution in [2.45, 2.75) is 32.4 Å². The first-order valence-corrected chi connectivity index (χ1v) is 8.00. The minimum absolute atomic E-state index is 0.536. The van der Waals surface area contributed by atoms with Crippen LogP contribution in [0.3, 0.4) is 0 Å². The van der Waals surface area contributed by atoms with Gasteiger partial charge < -0.3 is 10.2 Å². The highest BCUT2D eigenvalue weighted by Crippen LogP contribution is 2.18. The van der Waals surface area contributed by atoms with Crippen LogP contribution in [0.5, 0.6) is 0 Å². The predicted octanol–water partition coefficient (Wildman–Crippen LogP) is 2.61. The summed E-state index contributed by atoms with van der Waals surface area (Å²) in [4.78, 5) is 3.74. The van der Waals surface area contributed by atoms with E-state index in [4.69, 9.17) is 0 Å². The van der Waals surface area contributed by atoms with Crippen LogP contribution >= 0.6 is 11.3 Å². The topological polar surface area (TPSA) is 41.0 Å². The van der Waals surface area contributed by atoms with E-state index in [1.165, 1.54) is 17.7 Å². The molecular formula is C15H20N4S. The summed E-state index contributed by atoms with van der Waals surface area (Å²) in [6, 6.07) is 8.93. The fraction of sp³-hybridized carbons (Fsp3) is 0.467. The Hall–Kier alpha value is -1.46. The number of nitrogens with zero attached hydrogens (tertiary/aromatic N) is 3. The van der Waals surface area contributed by atoms with Crippen molar-refractivity contribution in [2.75, 3.05) is 18.0 Å². The molecule has 2 aromatic heterocycles. The summed E-state index contributed by atoms with van der Waals surface area (Å²) in [7, 11) is 0. The van der Waals surface area contributed by atoms with Crippen LogP contribution in [0.15, 0.2) is 29.6 Å². The molecule has 4 nitrogen and oxygen atoms in total. The second-order valence-corrected chi connectivity index (χ2v) is 6.31. The average Bonchev–Trinajstić information content (AvgIpc) is 3.00. The molecule has 20 heavy (non-hydrogen) atoms. The molecule has 0 spiro atoms. The zero-order valence-corrected chi connectivity index (χ0v) is 12.6. The smallest absolute Gasteiger partial charge is 0.151 e. The third-order valence-electron chi connectivity index (χ3n) is 3.67. The van der Waals surface area contributed by atoms with E-state index in [9.17, 15) is 0 Å². The van der Waals surface area contributed by atoms with Crippen molar-refractivity contribution in [3.63, 3.8) is 0 Å². The normalized spacial score (nSPS) is 19.2. The Bertz CT molecular complexity index is 523. The number of nitrogens with one attached hydrogen (secondary N) is 1. The minimum atomic E-state index is 0.536. The molecular weight excluding hydrogens is 268 g/mol. The zero-order valence-electron chi connectivity index (χ0n) is 11.7. The molecule has 1 atom stereocenters. The Labute approximate surface area is 123 Å². The molecule has 2 aromatic rings. The van der Waals surface area contributed by atoms with Gasteiger partial charge in [-0.2, -0.15) is 5.10 Å². The molecule has 5 heteroatoms. The van der Waals surface area contributed by atoms with Crippen molar-refractivity contribution in [1.29, 1.82) is 0 Å². The fourth-order valence-electron chi connectivity index (χ4n) is 2.57. The van der Waals surface area contributed by atoms with Crippen molar-refractivity contribution in [3.8, 4) is 0 Å². The van der Waals surface area contributed by atoms with E-state index in [2.05, 4.69) is 44.0 Å². The SMILES string of the molecule is Cc1ccc(N2CCC[C@H](NCc3cccs3)C2)nn1. The van der Waals surface area contributed by atoms with Crippen LogP contribution in [0.1, 0.15) is 23.4 Å². The number of anilines is 1. The lowest BCUT2D eigenvalue weighted by molar-refractivity contribution is 0.420. The van der Waals surface area contributed by atoms with E-state index in [1.54, 1.807) is 0 Å². The lowest BCUT2D eigenvalue weighted by Gasteiger charge is -2.33. The lowest BCUT2D eigenvalue weighted by Crippen LogP contribution is -2.45. The second-order valence-electron chi connectivity index (χ2n) is 5.28. The van der Waals surface area contributed by atoms with Gasteiger partial charge in [0.05, 0.1) is 5.69 Å². The Morgan fingerprint density at radius 1 is 1.35 bits per heavy atom. The highest BCUT2D eigenvalue weighted by Gasteiger charge is 2.20. The molecule has 0 radical (unpaired) electrons. The summed E-state index contributed by atoms with van der Waals surface area (Å²) >= 11 is 1.81. The Morgan fingerprint density at radius 3 is 3.05 bits per heavy atom. The van der Waals surface area contributed by atoms with Gasteiger partial charge in [0, 0.05) is 30.6 Å². The van der Waals surface area contributed by atoms with Crippen LogP contribution in [0, 0.1) is 6.92 Å². The third kappa shape index (κ3) is 3.35. The molecule has 0 bridgehead atoms. The highest BCUT2D eigenvalue weighted by atomic mass is 32.1. The van der Waals surface area contributed by atoms with Crippen molar-refractivity contribution in [1.82, 2.24) is 15.5 Å². The largest absolute Gasteiger partial charge is 0.354 e. The maximum Gasteiger partial charge on any atom is 0.151 e.